The number of nitrogens with two attached hydrogens (primary N) is 1. The lowest BCUT2D eigenvalue weighted by Gasteiger charge is -2.44. The Bertz CT molecular complexity index is 1180. The van der Waals surface area contributed by atoms with Gasteiger partial charge < -0.3 is 15.3 Å². The highest BCUT2D eigenvalue weighted by molar-refractivity contribution is 6.30. The number of aromatic nitrogens is 4. The molecule has 0 amide bonds. The molecule has 1 saturated heterocycles. The molecule has 1 aliphatic rings. The number of halogens is 1. The first-order valence-electron chi connectivity index (χ1n) is 14.5. The molecule has 3 heterocycles. The molecule has 0 aliphatic carbocycles. The Hall–Kier alpha value is -2.59. The van der Waals surface area contributed by atoms with E-state index in [0.29, 0.717) is 35.4 Å². The van der Waals surface area contributed by atoms with Gasteiger partial charge >= 0.3 is 0 Å². The number of nitrogen functional groups attached to an aromatic ring is 1. The number of nitrogens with zero attached hydrogens (tertiary/aromatic N) is 6. The second kappa shape index (κ2) is 15.4. The van der Waals surface area contributed by atoms with Crippen molar-refractivity contribution < 1.29 is 9.52 Å². The van der Waals surface area contributed by atoms with Gasteiger partial charge in [0, 0.05) is 37.1 Å². The number of anilines is 1. The molecule has 1 atom stereocenters. The van der Waals surface area contributed by atoms with Gasteiger partial charge in [-0.2, -0.15) is 0 Å². The first kappa shape index (κ1) is 31.9. The zero-order valence-corrected chi connectivity index (χ0v) is 25.7. The van der Waals surface area contributed by atoms with Gasteiger partial charge in [-0.3, -0.25) is 9.80 Å². The molecule has 1 fully saturated rings. The van der Waals surface area contributed by atoms with E-state index in [2.05, 4.69) is 50.7 Å². The number of hydrogen-bond acceptors (Lipinski definition) is 9. The maximum Gasteiger partial charge on any atom is 0.270 e. The average molecular weight is 572 g/mol. The van der Waals surface area contributed by atoms with Gasteiger partial charge in [0.1, 0.15) is 0 Å². The van der Waals surface area contributed by atoms with E-state index in [1.807, 2.05) is 38.1 Å². The molecule has 0 radical (unpaired) electrons. The van der Waals surface area contributed by atoms with Crippen LogP contribution in [0.25, 0.3) is 11.6 Å². The topological polar surface area (TPSA) is 117 Å². The number of rotatable bonds is 10. The van der Waals surface area contributed by atoms with Gasteiger partial charge in [-0.25, -0.2) is 9.97 Å². The molecule has 0 spiro atoms. The molecular formula is C30H46ClN7O2. The third kappa shape index (κ3) is 8.22. The fourth-order valence-electron chi connectivity index (χ4n) is 5.50. The van der Waals surface area contributed by atoms with Crippen molar-refractivity contribution in [3.63, 3.8) is 0 Å². The summed E-state index contributed by atoms with van der Waals surface area (Å²) in [6, 6.07) is 9.41. The van der Waals surface area contributed by atoms with Crippen molar-refractivity contribution in [1.82, 2.24) is 30.0 Å². The van der Waals surface area contributed by atoms with Gasteiger partial charge in [0.2, 0.25) is 5.89 Å². The number of aliphatic hydroxyl groups is 1. The van der Waals surface area contributed by atoms with E-state index >= 15 is 0 Å². The van der Waals surface area contributed by atoms with E-state index in [-0.39, 0.29) is 12.6 Å². The zero-order valence-electron chi connectivity index (χ0n) is 24.9. The summed E-state index contributed by atoms with van der Waals surface area (Å²) in [5, 5.41) is 18.3. The largest absolute Gasteiger partial charge is 0.420 e. The van der Waals surface area contributed by atoms with Crippen LogP contribution >= 0.6 is 11.6 Å². The number of likely N-dealkylation sites (tertiary alicyclic amines) is 1. The molecule has 10 heteroatoms. The van der Waals surface area contributed by atoms with E-state index in [1.165, 1.54) is 38.6 Å². The normalized spacial score (nSPS) is 15.3. The van der Waals surface area contributed by atoms with Crippen LogP contribution in [0.4, 0.5) is 5.82 Å². The first-order chi connectivity index (χ1) is 19.2. The Kier molecular flexibility index (Phi) is 12.3. The van der Waals surface area contributed by atoms with Gasteiger partial charge in [0.05, 0.1) is 24.0 Å². The third-order valence-corrected chi connectivity index (χ3v) is 8.04. The first-order valence-corrected chi connectivity index (χ1v) is 14.9. The molecule has 0 unspecified atom stereocenters. The van der Waals surface area contributed by atoms with Crippen molar-refractivity contribution in [2.24, 2.45) is 0 Å². The van der Waals surface area contributed by atoms with Crippen molar-refractivity contribution in [2.45, 2.75) is 91.8 Å². The third-order valence-electron chi connectivity index (χ3n) is 7.79. The molecule has 4 rings (SSSR count). The van der Waals surface area contributed by atoms with Crippen LogP contribution in [0.15, 0.2) is 28.7 Å². The van der Waals surface area contributed by atoms with Crippen LogP contribution in [0.2, 0.25) is 5.02 Å². The maximum absolute atomic E-state index is 9.94. The number of aliphatic hydroxyl groups excluding tert-OH is 1. The fourth-order valence-corrected chi connectivity index (χ4v) is 5.62. The fraction of sp³-hybridized carbons (Fsp3) is 0.600. The minimum atomic E-state index is 0.0889. The lowest BCUT2D eigenvalue weighted by Crippen LogP contribution is -2.50. The Morgan fingerprint density at radius 2 is 1.65 bits per heavy atom. The van der Waals surface area contributed by atoms with Gasteiger partial charge in [-0.1, -0.05) is 44.5 Å². The van der Waals surface area contributed by atoms with Crippen LogP contribution in [0.1, 0.15) is 81.8 Å². The highest BCUT2D eigenvalue weighted by atomic mass is 35.5. The minimum Gasteiger partial charge on any atom is -0.420 e. The second-order valence-corrected chi connectivity index (χ2v) is 10.9. The quantitative estimate of drug-likeness (QED) is 0.312. The number of hydrogen-bond donors (Lipinski definition) is 2. The van der Waals surface area contributed by atoms with Crippen LogP contribution in [-0.4, -0.2) is 73.4 Å². The molecule has 2 aromatic heterocycles. The van der Waals surface area contributed by atoms with Crippen molar-refractivity contribution in [3.05, 3.63) is 52.1 Å². The SMILES string of the molecule is CCCN(C(CC)CC)C1CCN([C@@H](CO)c2ccc(Cl)cc2)CC1.Cc1nnc(-c2nc(C)c(C)nc2N)o1. The molecule has 40 heavy (non-hydrogen) atoms. The lowest BCUT2D eigenvalue weighted by atomic mass is 9.96. The molecule has 3 N–H and O–H groups in total. The monoisotopic (exact) mass is 571 g/mol. The molecule has 220 valence electrons. The van der Waals surface area contributed by atoms with Crippen LogP contribution in [0.3, 0.4) is 0 Å². The van der Waals surface area contributed by atoms with Gasteiger partial charge in [-0.15, -0.1) is 10.2 Å². The lowest BCUT2D eigenvalue weighted by molar-refractivity contribution is 0.0391. The molecule has 0 saturated carbocycles. The van der Waals surface area contributed by atoms with Crippen molar-refractivity contribution in [1.29, 1.82) is 0 Å². The Labute approximate surface area is 244 Å². The molecule has 0 bridgehead atoms. The Morgan fingerprint density at radius 3 is 2.17 bits per heavy atom. The van der Waals surface area contributed by atoms with E-state index < -0.39 is 0 Å². The van der Waals surface area contributed by atoms with Gasteiger partial charge in [0.15, 0.2) is 11.5 Å². The van der Waals surface area contributed by atoms with Crippen LogP contribution < -0.4 is 5.73 Å². The standard InChI is InChI=1S/C21H35ClN2O.C9H11N5O/c1-4-13-24(19(5-2)6-3)20-11-14-23(15-12-20)21(16-25)17-7-9-18(22)10-8-17;1-4-5(2)12-8(10)7(11-4)9-14-13-6(3)15-9/h7-10,19-21,25H,4-6,11-16H2,1-3H3;1-3H3,(H2,10,12)/t21-;/m0./s1. The number of benzene rings is 1. The second-order valence-electron chi connectivity index (χ2n) is 10.5. The van der Waals surface area contributed by atoms with Crippen molar-refractivity contribution in [2.75, 3.05) is 32.0 Å². The summed E-state index contributed by atoms with van der Waals surface area (Å²) < 4.78 is 5.24. The Balaban J connectivity index is 0.000000249. The smallest absolute Gasteiger partial charge is 0.270 e. The summed E-state index contributed by atoms with van der Waals surface area (Å²) in [5.74, 6) is 1.09. The molecular weight excluding hydrogens is 526 g/mol. The van der Waals surface area contributed by atoms with E-state index in [1.54, 1.807) is 6.92 Å². The van der Waals surface area contributed by atoms with Crippen LogP contribution in [-0.2, 0) is 0 Å². The maximum atomic E-state index is 9.94. The summed E-state index contributed by atoms with van der Waals surface area (Å²) in [6.07, 6.45) is 6.09. The summed E-state index contributed by atoms with van der Waals surface area (Å²) in [5.41, 5.74) is 8.94. The van der Waals surface area contributed by atoms with Crippen LogP contribution in [0, 0.1) is 20.8 Å². The zero-order chi connectivity index (χ0) is 29.2. The summed E-state index contributed by atoms with van der Waals surface area (Å²) in [6.45, 7) is 15.8. The predicted octanol–water partition coefficient (Wildman–Crippen LogP) is 5.77. The number of aryl methyl sites for hydroxylation is 3. The van der Waals surface area contributed by atoms with Crippen LogP contribution in [0.5, 0.6) is 0 Å². The summed E-state index contributed by atoms with van der Waals surface area (Å²) in [7, 11) is 0. The van der Waals surface area contributed by atoms with E-state index in [9.17, 15) is 5.11 Å². The van der Waals surface area contributed by atoms with Crippen molar-refractivity contribution in [3.8, 4) is 11.6 Å². The Morgan fingerprint density at radius 1 is 1.02 bits per heavy atom. The van der Waals surface area contributed by atoms with E-state index in [4.69, 9.17) is 21.8 Å². The molecule has 1 aliphatic heterocycles. The van der Waals surface area contributed by atoms with Gasteiger partial charge in [0.25, 0.3) is 5.89 Å². The average Bonchev–Trinajstić information content (AvgIpc) is 3.39. The van der Waals surface area contributed by atoms with Crippen molar-refractivity contribution >= 4 is 17.4 Å². The minimum absolute atomic E-state index is 0.0889. The highest BCUT2D eigenvalue weighted by Crippen LogP contribution is 2.29. The molecule has 3 aromatic rings. The number of piperidine rings is 1. The predicted molar refractivity (Wildman–Crippen MR) is 161 cm³/mol. The molecule has 1 aromatic carbocycles. The van der Waals surface area contributed by atoms with Gasteiger partial charge in [-0.05, 0) is 70.2 Å². The van der Waals surface area contributed by atoms with E-state index in [0.717, 1.165) is 35.1 Å². The summed E-state index contributed by atoms with van der Waals surface area (Å²) >= 11 is 6.00. The highest BCUT2D eigenvalue weighted by Gasteiger charge is 2.30. The molecule has 9 nitrogen and oxygen atoms in total. The summed E-state index contributed by atoms with van der Waals surface area (Å²) in [4.78, 5) is 13.6.